The molecule has 42 heavy (non-hydrogen) atoms. The van der Waals surface area contributed by atoms with Crippen LogP contribution in [0.2, 0.25) is 0 Å². The van der Waals surface area contributed by atoms with E-state index in [0.717, 1.165) is 57.8 Å². The van der Waals surface area contributed by atoms with Gasteiger partial charge in [-0.1, -0.05) is 43.9 Å². The molecule has 0 unspecified atom stereocenters. The van der Waals surface area contributed by atoms with Gasteiger partial charge < -0.3 is 25.5 Å². The molecule has 0 saturated heterocycles. The highest BCUT2D eigenvalue weighted by atomic mass is 32.2. The fourth-order valence-corrected chi connectivity index (χ4v) is 6.66. The Morgan fingerprint density at radius 1 is 1.12 bits per heavy atom. The van der Waals surface area contributed by atoms with Crippen LogP contribution in [0.15, 0.2) is 41.8 Å². The lowest BCUT2D eigenvalue weighted by Crippen LogP contribution is -2.42. The lowest BCUT2D eigenvalue weighted by Gasteiger charge is -2.18. The number of carbonyl (C=O) groups excluding carboxylic acids is 3. The van der Waals surface area contributed by atoms with Crippen molar-refractivity contribution in [2.75, 3.05) is 19.0 Å². The van der Waals surface area contributed by atoms with Gasteiger partial charge in [-0.3, -0.25) is 4.79 Å². The molecule has 2 saturated carbocycles. The summed E-state index contributed by atoms with van der Waals surface area (Å²) in [7, 11) is -2.82. The molecule has 1 aromatic carbocycles. The maximum Gasteiger partial charge on any atom is 0.408 e. The molecule has 12 heteroatoms. The van der Waals surface area contributed by atoms with E-state index in [0.29, 0.717) is 25.1 Å². The molecular weight excluding hydrogens is 560 g/mol. The van der Waals surface area contributed by atoms with Crippen LogP contribution in [0.4, 0.5) is 10.5 Å². The molecule has 0 aromatic heterocycles. The van der Waals surface area contributed by atoms with Crippen molar-refractivity contribution in [2.45, 2.75) is 94.6 Å². The van der Waals surface area contributed by atoms with Crippen LogP contribution in [-0.2, 0) is 29.1 Å². The number of esters is 1. The Morgan fingerprint density at radius 3 is 2.43 bits per heavy atom. The Kier molecular flexibility index (Phi) is 12.0. The number of carbonyl (C=O) groups is 3. The maximum atomic E-state index is 13.0. The summed E-state index contributed by atoms with van der Waals surface area (Å²) in [4.78, 5) is 36.9. The zero-order chi connectivity index (χ0) is 30.8. The van der Waals surface area contributed by atoms with E-state index in [9.17, 15) is 22.8 Å². The molecule has 3 atom stereocenters. The second-order valence-corrected chi connectivity index (χ2v) is 12.8. The monoisotopic (exact) mass is 604 g/mol. The smallest absolute Gasteiger partial charge is 0.408 e. The normalized spacial score (nSPS) is 20.7. The van der Waals surface area contributed by atoms with Gasteiger partial charge in [-0.05, 0) is 64.0 Å². The number of alkyl carbamates (subject to hydrolysis) is 1. The van der Waals surface area contributed by atoms with E-state index in [4.69, 9.17) is 14.9 Å². The van der Waals surface area contributed by atoms with Gasteiger partial charge in [-0.2, -0.15) is 0 Å². The number of sulfonamides is 1. The zero-order valence-corrected chi connectivity index (χ0v) is 25.4. The van der Waals surface area contributed by atoms with Crippen molar-refractivity contribution < 1.29 is 32.3 Å². The molecule has 0 aliphatic heterocycles. The number of anilines is 1. The van der Waals surface area contributed by atoms with Crippen molar-refractivity contribution in [3.8, 4) is 0 Å². The van der Waals surface area contributed by atoms with Crippen molar-refractivity contribution in [1.29, 1.82) is 5.41 Å². The summed E-state index contributed by atoms with van der Waals surface area (Å²) in [6, 6.07) is 5.68. The van der Waals surface area contributed by atoms with Gasteiger partial charge >= 0.3 is 12.1 Å². The van der Waals surface area contributed by atoms with E-state index < -0.39 is 45.4 Å². The van der Waals surface area contributed by atoms with Gasteiger partial charge in [0.25, 0.3) is 10.0 Å². The number of ether oxygens (including phenoxy) is 2. The van der Waals surface area contributed by atoms with Crippen LogP contribution in [0.3, 0.4) is 0 Å². The predicted octanol–water partition coefficient (Wildman–Crippen LogP) is 4.69. The van der Waals surface area contributed by atoms with Gasteiger partial charge in [-0.15, -0.1) is 6.58 Å². The molecule has 3 rings (SSSR count). The summed E-state index contributed by atoms with van der Waals surface area (Å²) >= 11 is 0. The van der Waals surface area contributed by atoms with Gasteiger partial charge in [0, 0.05) is 17.7 Å². The molecule has 2 aliphatic carbocycles. The third kappa shape index (κ3) is 8.80. The van der Waals surface area contributed by atoms with E-state index in [-0.39, 0.29) is 16.7 Å². The number of amides is 2. The number of para-hydroxylation sites is 1. The fraction of sp³-hybridized carbons (Fsp3) is 0.600. The first-order chi connectivity index (χ1) is 20.0. The molecule has 232 valence electrons. The molecule has 0 spiro atoms. The number of allylic oxidation sites excluding steroid dienone is 1. The lowest BCUT2D eigenvalue weighted by molar-refractivity contribution is -0.143. The highest BCUT2D eigenvalue weighted by molar-refractivity contribution is 7.90. The third-order valence-electron chi connectivity index (χ3n) is 8.13. The number of hydrogen-bond acceptors (Lipinski definition) is 9. The highest BCUT2D eigenvalue weighted by Crippen LogP contribution is 2.54. The molecule has 0 heterocycles. The van der Waals surface area contributed by atoms with Crippen LogP contribution in [-0.4, -0.2) is 57.9 Å². The Balaban J connectivity index is 1.39. The van der Waals surface area contributed by atoms with Crippen LogP contribution in [0.5, 0.6) is 0 Å². The van der Waals surface area contributed by atoms with Gasteiger partial charge in [0.05, 0.1) is 18.7 Å². The van der Waals surface area contributed by atoms with Gasteiger partial charge in [0.1, 0.15) is 17.0 Å². The Bertz CT molecular complexity index is 1250. The summed E-state index contributed by atoms with van der Waals surface area (Å²) in [5.41, 5.74) is -0.0748. The second kappa shape index (κ2) is 15.2. The van der Waals surface area contributed by atoms with E-state index in [2.05, 4.69) is 21.9 Å². The molecule has 0 radical (unpaired) electrons. The summed E-state index contributed by atoms with van der Waals surface area (Å²) in [5, 5.41) is 13.7. The topological polar surface area (TPSA) is 164 Å². The van der Waals surface area contributed by atoms with Gasteiger partial charge in [0.15, 0.2) is 0 Å². The SMILES string of the molecule is C=C[C@]1(C(C)=N)C[C@@H]1C(=O)NS(=O)(=O)c1ccccc1NCCCCCCC[C@H](NC(=O)OC1CCCC1)C(=O)OC. The molecule has 2 aliphatic rings. The first kappa shape index (κ1) is 33.1. The number of methoxy groups -OCH3 is 1. The van der Waals surface area contributed by atoms with Crippen molar-refractivity contribution >= 4 is 39.4 Å². The van der Waals surface area contributed by atoms with Crippen molar-refractivity contribution in [3.63, 3.8) is 0 Å². The molecule has 0 bridgehead atoms. The predicted molar refractivity (Wildman–Crippen MR) is 160 cm³/mol. The minimum absolute atomic E-state index is 0.0115. The number of nitrogens with one attached hydrogen (secondary N) is 4. The van der Waals surface area contributed by atoms with E-state index in [1.165, 1.54) is 13.2 Å². The number of rotatable bonds is 17. The first-order valence-corrected chi connectivity index (χ1v) is 16.2. The Hall–Kier alpha value is -3.41. The maximum absolute atomic E-state index is 13.0. The van der Waals surface area contributed by atoms with Crippen LogP contribution in [0.1, 0.15) is 77.6 Å². The van der Waals surface area contributed by atoms with Crippen LogP contribution < -0.4 is 15.4 Å². The summed E-state index contributed by atoms with van der Waals surface area (Å²) < 4.78 is 38.5. The summed E-state index contributed by atoms with van der Waals surface area (Å²) in [6.07, 6.45) is 9.65. The van der Waals surface area contributed by atoms with Crippen molar-refractivity contribution in [1.82, 2.24) is 10.0 Å². The first-order valence-electron chi connectivity index (χ1n) is 14.7. The highest BCUT2D eigenvalue weighted by Gasteiger charge is 2.58. The van der Waals surface area contributed by atoms with Crippen LogP contribution >= 0.6 is 0 Å². The Morgan fingerprint density at radius 2 is 1.79 bits per heavy atom. The zero-order valence-electron chi connectivity index (χ0n) is 24.6. The standard InChI is InChI=1S/C30H44N4O7S/c1-4-30(21(2)31)20-23(30)27(35)34-42(38,39)26-18-12-11-16-24(26)32-19-13-7-5-6-8-17-25(28(36)40-3)33-29(37)41-22-14-9-10-15-22/h4,11-12,16,18,22-23,25,31-32H,1,5-10,13-15,17,19-20H2,2-3H3,(H,33,37)(H,34,35)/t23-,25+,30-/m1/s1. The van der Waals surface area contributed by atoms with E-state index in [1.54, 1.807) is 31.2 Å². The summed E-state index contributed by atoms with van der Waals surface area (Å²) in [6.45, 7) is 5.84. The van der Waals surface area contributed by atoms with E-state index >= 15 is 0 Å². The molecule has 1 aromatic rings. The van der Waals surface area contributed by atoms with Gasteiger partial charge in [-0.25, -0.2) is 22.7 Å². The molecule has 4 N–H and O–H groups in total. The molecule has 11 nitrogen and oxygen atoms in total. The summed E-state index contributed by atoms with van der Waals surface area (Å²) in [5.74, 6) is -1.74. The number of benzene rings is 1. The van der Waals surface area contributed by atoms with Crippen molar-refractivity contribution in [2.24, 2.45) is 11.3 Å². The lowest BCUT2D eigenvalue weighted by atomic mass is 9.98. The van der Waals surface area contributed by atoms with Crippen LogP contribution in [0, 0.1) is 16.7 Å². The molecule has 2 amide bonds. The molecular formula is C30H44N4O7S. The third-order valence-corrected chi connectivity index (χ3v) is 9.54. The fourth-order valence-electron chi connectivity index (χ4n) is 5.46. The largest absolute Gasteiger partial charge is 0.467 e. The second-order valence-electron chi connectivity index (χ2n) is 11.1. The molecule has 2 fully saturated rings. The number of hydrogen-bond donors (Lipinski definition) is 4. The minimum Gasteiger partial charge on any atom is -0.467 e. The average Bonchev–Trinajstić information content (AvgIpc) is 3.53. The minimum atomic E-state index is -4.11. The number of unbranched alkanes of at least 4 members (excludes halogenated alkanes) is 4. The average molecular weight is 605 g/mol. The quantitative estimate of drug-likeness (QED) is 0.0861. The van der Waals surface area contributed by atoms with E-state index in [1.807, 2.05) is 0 Å². The van der Waals surface area contributed by atoms with Crippen LogP contribution in [0.25, 0.3) is 0 Å². The van der Waals surface area contributed by atoms with Crippen molar-refractivity contribution in [3.05, 3.63) is 36.9 Å². The van der Waals surface area contributed by atoms with Gasteiger partial charge in [0.2, 0.25) is 5.91 Å². The Labute approximate surface area is 248 Å².